The maximum absolute atomic E-state index is 12.1. The van der Waals surface area contributed by atoms with Crippen LogP contribution in [0, 0.1) is 6.92 Å². The van der Waals surface area contributed by atoms with Crippen molar-refractivity contribution < 1.29 is 18.8 Å². The van der Waals surface area contributed by atoms with E-state index in [4.69, 9.17) is 9.26 Å². The van der Waals surface area contributed by atoms with Crippen LogP contribution < -0.4 is 15.5 Å². The third-order valence-electron chi connectivity index (χ3n) is 3.58. The van der Waals surface area contributed by atoms with Crippen LogP contribution in [0.15, 0.2) is 34.9 Å². The number of aryl methyl sites for hydroxylation is 1. The molecule has 126 valence electrons. The molecule has 2 amide bonds. The van der Waals surface area contributed by atoms with E-state index in [1.807, 2.05) is 12.1 Å². The van der Waals surface area contributed by atoms with Gasteiger partial charge in [0.2, 0.25) is 0 Å². The number of carbonyl (C=O) groups excluding carboxylic acids is 2. The summed E-state index contributed by atoms with van der Waals surface area (Å²) in [7, 11) is 0. The van der Waals surface area contributed by atoms with Gasteiger partial charge in [0, 0.05) is 19.2 Å². The van der Waals surface area contributed by atoms with E-state index in [-0.39, 0.29) is 5.82 Å². The maximum Gasteiger partial charge on any atom is 0.315 e. The minimum atomic E-state index is -0.805. The standard InChI is InChI=1S/C16H18N4O4/c1-11-10-14(19-24-11)18-16(22)15(21)17-12-4-2-3-5-13(12)20-6-8-23-9-7-20/h2-5,10H,6-9H2,1H3,(H,17,21)(H,18,19,22). The highest BCUT2D eigenvalue weighted by Crippen LogP contribution is 2.26. The van der Waals surface area contributed by atoms with Gasteiger partial charge < -0.3 is 19.5 Å². The third kappa shape index (κ3) is 3.72. The summed E-state index contributed by atoms with van der Waals surface area (Å²) in [5, 5.41) is 8.66. The molecule has 1 aromatic carbocycles. The van der Waals surface area contributed by atoms with Crippen LogP contribution in [-0.2, 0) is 14.3 Å². The van der Waals surface area contributed by atoms with E-state index >= 15 is 0 Å². The van der Waals surface area contributed by atoms with Crippen molar-refractivity contribution in [2.75, 3.05) is 41.8 Å². The summed E-state index contributed by atoms with van der Waals surface area (Å²) >= 11 is 0. The highest BCUT2D eigenvalue weighted by atomic mass is 16.5. The van der Waals surface area contributed by atoms with Crippen molar-refractivity contribution in [2.24, 2.45) is 0 Å². The monoisotopic (exact) mass is 330 g/mol. The number of amides is 2. The van der Waals surface area contributed by atoms with Crippen LogP contribution in [0.25, 0.3) is 0 Å². The van der Waals surface area contributed by atoms with Crippen LogP contribution in [0.1, 0.15) is 5.76 Å². The van der Waals surface area contributed by atoms with E-state index in [1.54, 1.807) is 19.1 Å². The average Bonchev–Trinajstić information content (AvgIpc) is 3.01. The fraction of sp³-hybridized carbons (Fsp3) is 0.312. The number of aromatic nitrogens is 1. The normalized spacial score (nSPS) is 14.3. The van der Waals surface area contributed by atoms with E-state index in [9.17, 15) is 9.59 Å². The largest absolute Gasteiger partial charge is 0.378 e. The highest BCUT2D eigenvalue weighted by Gasteiger charge is 2.19. The van der Waals surface area contributed by atoms with Gasteiger partial charge in [-0.3, -0.25) is 14.9 Å². The predicted molar refractivity (Wildman–Crippen MR) is 88.0 cm³/mol. The fourth-order valence-electron chi connectivity index (χ4n) is 2.44. The quantitative estimate of drug-likeness (QED) is 0.826. The van der Waals surface area contributed by atoms with E-state index in [0.717, 1.165) is 18.8 Å². The fourth-order valence-corrected chi connectivity index (χ4v) is 2.44. The van der Waals surface area contributed by atoms with Gasteiger partial charge in [0.05, 0.1) is 24.6 Å². The summed E-state index contributed by atoms with van der Waals surface area (Å²) in [6, 6.07) is 8.89. The predicted octanol–water partition coefficient (Wildman–Crippen LogP) is 1.40. The molecule has 2 aromatic rings. The zero-order chi connectivity index (χ0) is 16.9. The van der Waals surface area contributed by atoms with Crippen molar-refractivity contribution in [3.05, 3.63) is 36.1 Å². The molecule has 0 radical (unpaired) electrons. The van der Waals surface area contributed by atoms with Crippen LogP contribution in [0.4, 0.5) is 17.2 Å². The van der Waals surface area contributed by atoms with Crippen molar-refractivity contribution >= 4 is 29.0 Å². The first-order valence-corrected chi connectivity index (χ1v) is 7.61. The minimum Gasteiger partial charge on any atom is -0.378 e. The number of nitrogens with one attached hydrogen (secondary N) is 2. The average molecular weight is 330 g/mol. The molecular weight excluding hydrogens is 312 g/mol. The van der Waals surface area contributed by atoms with Crippen LogP contribution >= 0.6 is 0 Å². The van der Waals surface area contributed by atoms with E-state index in [1.165, 1.54) is 6.07 Å². The number of rotatable bonds is 3. The molecule has 0 saturated carbocycles. The van der Waals surface area contributed by atoms with Gasteiger partial charge in [-0.25, -0.2) is 0 Å². The molecule has 0 aliphatic carbocycles. The molecule has 1 aliphatic heterocycles. The third-order valence-corrected chi connectivity index (χ3v) is 3.58. The lowest BCUT2D eigenvalue weighted by atomic mass is 10.2. The second-order valence-electron chi connectivity index (χ2n) is 5.35. The molecule has 0 unspecified atom stereocenters. The Bertz CT molecular complexity index is 737. The van der Waals surface area contributed by atoms with Gasteiger partial charge in [-0.2, -0.15) is 0 Å². The Kier molecular flexibility index (Phi) is 4.76. The second-order valence-corrected chi connectivity index (χ2v) is 5.35. The molecule has 24 heavy (non-hydrogen) atoms. The van der Waals surface area contributed by atoms with Gasteiger partial charge in [0.15, 0.2) is 5.82 Å². The molecule has 0 atom stereocenters. The summed E-state index contributed by atoms with van der Waals surface area (Å²) in [6.45, 7) is 4.43. The van der Waals surface area contributed by atoms with Crippen molar-refractivity contribution in [3.63, 3.8) is 0 Å². The lowest BCUT2D eigenvalue weighted by molar-refractivity contribution is -0.133. The molecule has 2 heterocycles. The van der Waals surface area contributed by atoms with Crippen LogP contribution in [0.5, 0.6) is 0 Å². The van der Waals surface area contributed by atoms with Crippen LogP contribution in [-0.4, -0.2) is 43.3 Å². The summed E-state index contributed by atoms with van der Waals surface area (Å²) in [5.41, 5.74) is 1.44. The zero-order valence-electron chi connectivity index (χ0n) is 13.2. The number of benzene rings is 1. The molecule has 3 rings (SSSR count). The number of nitrogens with zero attached hydrogens (tertiary/aromatic N) is 2. The van der Waals surface area contributed by atoms with E-state index in [2.05, 4.69) is 20.7 Å². The first kappa shape index (κ1) is 16.0. The molecule has 1 fully saturated rings. The number of carbonyl (C=O) groups is 2. The number of hydrogen-bond acceptors (Lipinski definition) is 6. The van der Waals surface area contributed by atoms with Crippen LogP contribution in [0.3, 0.4) is 0 Å². The Labute approximate surface area is 138 Å². The highest BCUT2D eigenvalue weighted by molar-refractivity contribution is 6.43. The Balaban J connectivity index is 1.68. The molecule has 0 bridgehead atoms. The van der Waals surface area contributed by atoms with Gasteiger partial charge >= 0.3 is 11.8 Å². The van der Waals surface area contributed by atoms with Crippen molar-refractivity contribution in [1.29, 1.82) is 0 Å². The smallest absolute Gasteiger partial charge is 0.315 e. The Morgan fingerprint density at radius 1 is 1.12 bits per heavy atom. The summed E-state index contributed by atoms with van der Waals surface area (Å²) in [4.78, 5) is 26.2. The van der Waals surface area contributed by atoms with Crippen molar-refractivity contribution in [2.45, 2.75) is 6.92 Å². The van der Waals surface area contributed by atoms with Crippen LogP contribution in [0.2, 0.25) is 0 Å². The van der Waals surface area contributed by atoms with Gasteiger partial charge in [-0.05, 0) is 19.1 Å². The SMILES string of the molecule is Cc1cc(NC(=O)C(=O)Nc2ccccc2N2CCOCC2)no1. The number of hydrogen-bond donors (Lipinski definition) is 2. The maximum atomic E-state index is 12.1. The minimum absolute atomic E-state index is 0.203. The lowest BCUT2D eigenvalue weighted by Gasteiger charge is -2.30. The zero-order valence-corrected chi connectivity index (χ0v) is 13.2. The Morgan fingerprint density at radius 3 is 2.54 bits per heavy atom. The number of morpholine rings is 1. The van der Waals surface area contributed by atoms with Gasteiger partial charge in [-0.15, -0.1) is 0 Å². The number of anilines is 3. The molecule has 0 spiro atoms. The van der Waals surface area contributed by atoms with Gasteiger partial charge in [0.25, 0.3) is 0 Å². The summed E-state index contributed by atoms with van der Waals surface area (Å²) in [6.07, 6.45) is 0. The number of para-hydroxylation sites is 2. The molecule has 1 saturated heterocycles. The molecule has 2 N–H and O–H groups in total. The lowest BCUT2D eigenvalue weighted by Crippen LogP contribution is -2.37. The molecule has 8 heteroatoms. The molecule has 1 aromatic heterocycles. The first-order valence-electron chi connectivity index (χ1n) is 7.61. The first-order chi connectivity index (χ1) is 11.6. The van der Waals surface area contributed by atoms with Crippen molar-refractivity contribution in [1.82, 2.24) is 5.16 Å². The second kappa shape index (κ2) is 7.14. The van der Waals surface area contributed by atoms with E-state index in [0.29, 0.717) is 24.7 Å². The van der Waals surface area contributed by atoms with Gasteiger partial charge in [-0.1, -0.05) is 17.3 Å². The number of ether oxygens (including phenoxy) is 1. The molecular formula is C16H18N4O4. The van der Waals surface area contributed by atoms with E-state index < -0.39 is 11.8 Å². The Morgan fingerprint density at radius 2 is 1.83 bits per heavy atom. The van der Waals surface area contributed by atoms with Gasteiger partial charge in [0.1, 0.15) is 5.76 Å². The molecule has 8 nitrogen and oxygen atoms in total. The summed E-state index contributed by atoms with van der Waals surface area (Å²) < 4.78 is 10.2. The molecule has 1 aliphatic rings. The van der Waals surface area contributed by atoms with Crippen molar-refractivity contribution in [3.8, 4) is 0 Å². The summed E-state index contributed by atoms with van der Waals surface area (Å²) in [5.74, 6) is -0.825. The Hall–Kier alpha value is -2.87. The topological polar surface area (TPSA) is 96.7 Å².